The molecule has 4 N–H and O–H groups in total. The Bertz CT molecular complexity index is 625. The number of hydrogen-bond donors (Lipinski definition) is 3. The first-order valence-corrected chi connectivity index (χ1v) is 10.4. The van der Waals surface area contributed by atoms with E-state index in [0.717, 1.165) is 29.7 Å². The van der Waals surface area contributed by atoms with Crippen molar-refractivity contribution in [3.8, 4) is 0 Å². The molecule has 1 saturated carbocycles. The van der Waals surface area contributed by atoms with Crippen molar-refractivity contribution >= 4 is 51.3 Å². The standard InChI is InChI=1S/C15H26N4O2S2.HI/c1-17-15(18-10-4-7-12-5-2-3-6-12)19-11-13-8-9-14(22-13)23(16,20)21;/h8-9,12H,2-7,10-11H2,1H3,(H2,16,20,21)(H2,17,18,19);1H. The summed E-state index contributed by atoms with van der Waals surface area (Å²) in [6, 6.07) is 3.31. The molecule has 0 amide bonds. The van der Waals surface area contributed by atoms with Gasteiger partial charge in [0.1, 0.15) is 4.21 Å². The molecule has 0 unspecified atom stereocenters. The van der Waals surface area contributed by atoms with Crippen molar-refractivity contribution in [3.63, 3.8) is 0 Å². The molecular weight excluding hydrogens is 459 g/mol. The van der Waals surface area contributed by atoms with E-state index in [-0.39, 0.29) is 28.2 Å². The van der Waals surface area contributed by atoms with Gasteiger partial charge in [0.25, 0.3) is 0 Å². The quantitative estimate of drug-likeness (QED) is 0.239. The van der Waals surface area contributed by atoms with Crippen LogP contribution in [0.15, 0.2) is 21.3 Å². The van der Waals surface area contributed by atoms with Crippen LogP contribution in [0.1, 0.15) is 43.4 Å². The van der Waals surface area contributed by atoms with Crippen molar-refractivity contribution in [1.82, 2.24) is 10.6 Å². The summed E-state index contributed by atoms with van der Waals surface area (Å²) in [6.45, 7) is 1.44. The second-order valence-corrected chi connectivity index (χ2v) is 8.87. The first kappa shape index (κ1) is 21.7. The van der Waals surface area contributed by atoms with Crippen LogP contribution in [-0.4, -0.2) is 28.0 Å². The zero-order chi connectivity index (χ0) is 16.7. The van der Waals surface area contributed by atoms with Crippen molar-refractivity contribution in [2.45, 2.75) is 49.3 Å². The van der Waals surface area contributed by atoms with Crippen LogP contribution in [0.2, 0.25) is 0 Å². The zero-order valence-electron chi connectivity index (χ0n) is 14.0. The van der Waals surface area contributed by atoms with Gasteiger partial charge in [-0.3, -0.25) is 4.99 Å². The normalized spacial score (nSPS) is 16.0. The molecule has 0 radical (unpaired) electrons. The fraction of sp³-hybridized carbons (Fsp3) is 0.667. The second-order valence-electron chi connectivity index (χ2n) is 5.91. The van der Waals surface area contributed by atoms with Gasteiger partial charge >= 0.3 is 0 Å². The third kappa shape index (κ3) is 7.24. The molecule has 1 heterocycles. The zero-order valence-corrected chi connectivity index (χ0v) is 17.9. The molecule has 9 heteroatoms. The Kier molecular flexibility index (Phi) is 9.53. The van der Waals surface area contributed by atoms with E-state index < -0.39 is 10.0 Å². The molecule has 6 nitrogen and oxygen atoms in total. The number of halogens is 1. The highest BCUT2D eigenvalue weighted by molar-refractivity contribution is 14.0. The van der Waals surface area contributed by atoms with Gasteiger partial charge in [0.2, 0.25) is 10.0 Å². The lowest BCUT2D eigenvalue weighted by Crippen LogP contribution is -2.37. The molecule has 0 saturated heterocycles. The maximum Gasteiger partial charge on any atom is 0.247 e. The fourth-order valence-electron chi connectivity index (χ4n) is 2.89. The third-order valence-corrected chi connectivity index (χ3v) is 6.65. The van der Waals surface area contributed by atoms with Crippen LogP contribution in [0.4, 0.5) is 0 Å². The van der Waals surface area contributed by atoms with E-state index in [0.29, 0.717) is 6.54 Å². The van der Waals surface area contributed by atoms with Gasteiger partial charge in [-0.1, -0.05) is 25.7 Å². The third-order valence-electron chi connectivity index (χ3n) is 4.13. The van der Waals surface area contributed by atoms with Crippen LogP contribution in [0.5, 0.6) is 0 Å². The van der Waals surface area contributed by atoms with Crippen LogP contribution in [0.25, 0.3) is 0 Å². The van der Waals surface area contributed by atoms with Gasteiger partial charge in [0.15, 0.2) is 5.96 Å². The number of nitrogens with two attached hydrogens (primary N) is 1. The molecular formula is C15H27IN4O2S2. The van der Waals surface area contributed by atoms with Gasteiger partial charge in [-0.2, -0.15) is 0 Å². The van der Waals surface area contributed by atoms with Crippen LogP contribution >= 0.6 is 35.3 Å². The number of aliphatic imine (C=N–C) groups is 1. The summed E-state index contributed by atoms with van der Waals surface area (Å²) in [5, 5.41) is 11.6. The summed E-state index contributed by atoms with van der Waals surface area (Å²) in [6.07, 6.45) is 7.99. The number of sulfonamides is 1. The van der Waals surface area contributed by atoms with Crippen molar-refractivity contribution in [2.24, 2.45) is 16.0 Å². The largest absolute Gasteiger partial charge is 0.356 e. The minimum atomic E-state index is -3.61. The van der Waals surface area contributed by atoms with Gasteiger partial charge in [0, 0.05) is 18.5 Å². The monoisotopic (exact) mass is 486 g/mol. The van der Waals surface area contributed by atoms with E-state index in [9.17, 15) is 8.42 Å². The minimum absolute atomic E-state index is 0. The lowest BCUT2D eigenvalue weighted by molar-refractivity contribution is 0.481. The highest BCUT2D eigenvalue weighted by atomic mass is 127. The highest BCUT2D eigenvalue weighted by Crippen LogP contribution is 2.28. The maximum absolute atomic E-state index is 11.3. The summed E-state index contributed by atoms with van der Waals surface area (Å²) in [7, 11) is -1.87. The fourth-order valence-corrected chi connectivity index (χ4v) is 4.61. The first-order valence-electron chi connectivity index (χ1n) is 8.05. The Morgan fingerprint density at radius 3 is 2.62 bits per heavy atom. The van der Waals surface area contributed by atoms with E-state index in [1.54, 1.807) is 13.1 Å². The minimum Gasteiger partial charge on any atom is -0.356 e. The number of thiophene rings is 1. The van der Waals surface area contributed by atoms with E-state index >= 15 is 0 Å². The van der Waals surface area contributed by atoms with E-state index in [4.69, 9.17) is 5.14 Å². The topological polar surface area (TPSA) is 96.6 Å². The number of nitrogens with one attached hydrogen (secondary N) is 2. The van der Waals surface area contributed by atoms with E-state index in [2.05, 4.69) is 15.6 Å². The number of guanidine groups is 1. The van der Waals surface area contributed by atoms with Gasteiger partial charge in [0.05, 0.1) is 6.54 Å². The number of rotatable bonds is 7. The van der Waals surface area contributed by atoms with Gasteiger partial charge < -0.3 is 10.6 Å². The molecule has 1 aliphatic carbocycles. The summed E-state index contributed by atoms with van der Waals surface area (Å²) in [4.78, 5) is 5.09. The van der Waals surface area contributed by atoms with Crippen molar-refractivity contribution in [3.05, 3.63) is 17.0 Å². The Morgan fingerprint density at radius 1 is 1.33 bits per heavy atom. The molecule has 1 fully saturated rings. The smallest absolute Gasteiger partial charge is 0.247 e. The molecule has 0 atom stereocenters. The second kappa shape index (κ2) is 10.6. The lowest BCUT2D eigenvalue weighted by Gasteiger charge is -2.12. The van der Waals surface area contributed by atoms with Crippen molar-refractivity contribution < 1.29 is 8.42 Å². The molecule has 2 rings (SSSR count). The lowest BCUT2D eigenvalue weighted by atomic mass is 10.0. The molecule has 0 aromatic carbocycles. The molecule has 0 spiro atoms. The molecule has 24 heavy (non-hydrogen) atoms. The summed E-state index contributed by atoms with van der Waals surface area (Å²) in [5.41, 5.74) is 0. The number of nitrogens with zero attached hydrogens (tertiary/aromatic N) is 1. The predicted octanol–water partition coefficient (Wildman–Crippen LogP) is 2.65. The van der Waals surface area contributed by atoms with Crippen molar-refractivity contribution in [1.29, 1.82) is 0 Å². The Morgan fingerprint density at radius 2 is 2.04 bits per heavy atom. The van der Waals surface area contributed by atoms with Crippen molar-refractivity contribution in [2.75, 3.05) is 13.6 Å². The Hall–Kier alpha value is -0.390. The number of hydrogen-bond acceptors (Lipinski definition) is 4. The average Bonchev–Trinajstić information content (AvgIpc) is 3.17. The van der Waals surface area contributed by atoms with E-state index in [1.165, 1.54) is 49.5 Å². The van der Waals surface area contributed by atoms with Gasteiger partial charge in [-0.15, -0.1) is 35.3 Å². The molecule has 138 valence electrons. The molecule has 0 aliphatic heterocycles. The summed E-state index contributed by atoms with van der Waals surface area (Å²) < 4.78 is 22.7. The predicted molar refractivity (Wildman–Crippen MR) is 111 cm³/mol. The molecule has 1 aromatic rings. The SMILES string of the molecule is CN=C(NCCCC1CCCC1)NCc1ccc(S(N)(=O)=O)s1.I. The van der Waals surface area contributed by atoms with E-state index in [1.807, 2.05) is 0 Å². The number of primary sulfonamides is 1. The summed E-state index contributed by atoms with van der Waals surface area (Å²) in [5.74, 6) is 1.65. The van der Waals surface area contributed by atoms with Crippen LogP contribution in [0.3, 0.4) is 0 Å². The average molecular weight is 486 g/mol. The maximum atomic E-state index is 11.3. The molecule has 0 bridgehead atoms. The molecule has 1 aromatic heterocycles. The molecule has 1 aliphatic rings. The summed E-state index contributed by atoms with van der Waals surface area (Å²) >= 11 is 1.18. The van der Waals surface area contributed by atoms with Gasteiger partial charge in [-0.05, 0) is 30.9 Å². The highest BCUT2D eigenvalue weighted by Gasteiger charge is 2.14. The Balaban J connectivity index is 0.00000288. The first-order chi connectivity index (χ1) is 11.0. The van der Waals surface area contributed by atoms with Crippen LogP contribution in [0, 0.1) is 5.92 Å². The van der Waals surface area contributed by atoms with Crippen LogP contribution in [-0.2, 0) is 16.6 Å². The van der Waals surface area contributed by atoms with Gasteiger partial charge in [-0.25, -0.2) is 13.6 Å². The Labute approximate surface area is 165 Å². The van der Waals surface area contributed by atoms with Crippen LogP contribution < -0.4 is 15.8 Å².